The minimum atomic E-state index is -1.19. The molecule has 3 heterocycles. The van der Waals surface area contributed by atoms with Crippen LogP contribution in [0.5, 0.6) is 5.75 Å². The van der Waals surface area contributed by atoms with Crippen LogP contribution in [-0.2, 0) is 11.3 Å². The number of carboxylic acid groups (broad SMARTS) is 1. The summed E-state index contributed by atoms with van der Waals surface area (Å²) in [5.74, 6) is -0.768. The van der Waals surface area contributed by atoms with Crippen LogP contribution in [0.4, 0.5) is 18.4 Å². The van der Waals surface area contributed by atoms with E-state index in [1.165, 1.54) is 17.3 Å². The number of ether oxygens (including phenoxy) is 2. The molecule has 2 aromatic carbocycles. The number of carbonyl (C=O) groups is 2. The molecule has 6 rings (SSSR count). The van der Waals surface area contributed by atoms with E-state index in [9.17, 15) is 23.9 Å². The summed E-state index contributed by atoms with van der Waals surface area (Å²) < 4.78 is 42.6. The standard InChI is InChI=1S/C34H39F2N5O6/c1-46-29-8-4-3-7-24(29)27-18-30(42)40(22-37-27)21-34(47-2)13-14-39(20-33(34)11-5-6-12-33)31(43)41-16-15-38(32(44)45)19-28(41)25-17-23(35)9-10-26(25)36/h3-4,7-10,17-18,22,28H,5-6,11-16,19-21H2,1-2H3,(H,44,45)/t28?,34-/m1/s1. The Balaban J connectivity index is 1.27. The third kappa shape index (κ3) is 5.92. The van der Waals surface area contributed by atoms with E-state index in [-0.39, 0.29) is 43.3 Å². The number of urea groups is 1. The van der Waals surface area contributed by atoms with Gasteiger partial charge < -0.3 is 29.3 Å². The van der Waals surface area contributed by atoms with Gasteiger partial charge in [-0.3, -0.25) is 9.36 Å². The molecule has 3 aromatic rings. The molecule has 0 radical (unpaired) electrons. The molecule has 3 fully saturated rings. The van der Waals surface area contributed by atoms with Gasteiger partial charge in [-0.2, -0.15) is 0 Å². The number of rotatable bonds is 6. The van der Waals surface area contributed by atoms with Crippen molar-refractivity contribution in [3.63, 3.8) is 0 Å². The van der Waals surface area contributed by atoms with Gasteiger partial charge in [0.1, 0.15) is 17.4 Å². The number of para-hydroxylation sites is 1. The molecule has 250 valence electrons. The lowest BCUT2D eigenvalue weighted by atomic mass is 9.65. The van der Waals surface area contributed by atoms with Gasteiger partial charge in [-0.05, 0) is 49.6 Å². The topological polar surface area (TPSA) is 117 Å². The minimum absolute atomic E-state index is 0.0320. The van der Waals surface area contributed by atoms with Crippen LogP contribution < -0.4 is 10.3 Å². The van der Waals surface area contributed by atoms with Crippen LogP contribution in [0.3, 0.4) is 0 Å². The van der Waals surface area contributed by atoms with Gasteiger partial charge >= 0.3 is 12.1 Å². The van der Waals surface area contributed by atoms with Gasteiger partial charge in [0.05, 0.1) is 37.3 Å². The average Bonchev–Trinajstić information content (AvgIpc) is 3.56. The highest BCUT2D eigenvalue weighted by Gasteiger charge is 2.57. The number of carbonyl (C=O) groups excluding carboxylic acids is 1. The predicted molar refractivity (Wildman–Crippen MR) is 168 cm³/mol. The molecule has 1 aromatic heterocycles. The quantitative estimate of drug-likeness (QED) is 0.399. The Hall–Kier alpha value is -4.52. The normalized spacial score (nSPS) is 22.5. The van der Waals surface area contributed by atoms with Crippen molar-refractivity contribution < 1.29 is 33.0 Å². The van der Waals surface area contributed by atoms with Crippen molar-refractivity contribution in [2.75, 3.05) is 46.9 Å². The number of hydrogen-bond acceptors (Lipinski definition) is 6. The van der Waals surface area contributed by atoms with Gasteiger partial charge in [0.15, 0.2) is 0 Å². The first-order valence-electron chi connectivity index (χ1n) is 15.8. The van der Waals surface area contributed by atoms with Crippen LogP contribution in [0.2, 0.25) is 0 Å². The summed E-state index contributed by atoms with van der Waals surface area (Å²) in [6, 6.07) is 10.5. The molecule has 1 aliphatic carbocycles. The highest BCUT2D eigenvalue weighted by atomic mass is 19.1. The lowest BCUT2D eigenvalue weighted by Gasteiger charge is -2.55. The predicted octanol–water partition coefficient (Wildman–Crippen LogP) is 5.01. The van der Waals surface area contributed by atoms with Crippen molar-refractivity contribution in [3.05, 3.63) is 82.4 Å². The summed E-state index contributed by atoms with van der Waals surface area (Å²) in [6.07, 6.45) is 4.20. The molecule has 13 heteroatoms. The van der Waals surface area contributed by atoms with E-state index < -0.39 is 34.8 Å². The van der Waals surface area contributed by atoms with Crippen LogP contribution >= 0.6 is 0 Å². The van der Waals surface area contributed by atoms with E-state index in [0.29, 0.717) is 36.5 Å². The Bertz CT molecular complexity index is 1710. The smallest absolute Gasteiger partial charge is 0.407 e. The maximum Gasteiger partial charge on any atom is 0.407 e. The second-order valence-electron chi connectivity index (χ2n) is 12.7. The largest absolute Gasteiger partial charge is 0.496 e. The summed E-state index contributed by atoms with van der Waals surface area (Å²) in [5.41, 5.74) is -0.335. The van der Waals surface area contributed by atoms with Crippen molar-refractivity contribution >= 4 is 12.1 Å². The maximum absolute atomic E-state index is 15.0. The first-order valence-corrected chi connectivity index (χ1v) is 15.8. The van der Waals surface area contributed by atoms with Crippen molar-refractivity contribution in [2.45, 2.75) is 50.3 Å². The molecule has 11 nitrogen and oxygen atoms in total. The molecule has 1 saturated carbocycles. The van der Waals surface area contributed by atoms with Crippen molar-refractivity contribution in [1.82, 2.24) is 24.3 Å². The monoisotopic (exact) mass is 651 g/mol. The SMILES string of the molecule is COc1ccccc1-c1cc(=O)n(C[C@]2(OC)CCN(C(=O)N3CCN(C(=O)O)CC3c3cc(F)ccc3F)CC23CCCC3)cn1. The van der Waals surface area contributed by atoms with Gasteiger partial charge in [-0.15, -0.1) is 0 Å². The summed E-state index contributed by atoms with van der Waals surface area (Å²) in [6.45, 7) is 0.799. The molecule has 1 spiro atoms. The number of benzene rings is 2. The van der Waals surface area contributed by atoms with E-state index in [2.05, 4.69) is 4.98 Å². The molecular formula is C34H39F2N5O6. The Labute approximate surface area is 271 Å². The molecule has 1 N–H and O–H groups in total. The van der Waals surface area contributed by atoms with E-state index in [0.717, 1.165) is 48.8 Å². The number of halogens is 2. The summed E-state index contributed by atoms with van der Waals surface area (Å²) in [7, 11) is 3.21. The lowest BCUT2D eigenvalue weighted by molar-refractivity contribution is -0.159. The zero-order chi connectivity index (χ0) is 33.3. The lowest BCUT2D eigenvalue weighted by Crippen LogP contribution is -2.65. The van der Waals surface area contributed by atoms with Gasteiger partial charge in [0.25, 0.3) is 5.56 Å². The molecule has 47 heavy (non-hydrogen) atoms. The fraction of sp³-hybridized carbons (Fsp3) is 0.471. The van der Waals surface area contributed by atoms with E-state index in [1.807, 2.05) is 24.3 Å². The van der Waals surface area contributed by atoms with Crippen molar-refractivity contribution in [2.24, 2.45) is 5.41 Å². The molecule has 2 aliphatic heterocycles. The zero-order valence-electron chi connectivity index (χ0n) is 26.5. The zero-order valence-corrected chi connectivity index (χ0v) is 26.5. The van der Waals surface area contributed by atoms with Crippen LogP contribution in [0.25, 0.3) is 11.3 Å². The van der Waals surface area contributed by atoms with Gasteiger partial charge in [-0.1, -0.05) is 25.0 Å². The summed E-state index contributed by atoms with van der Waals surface area (Å²) in [5, 5.41) is 9.66. The Morgan fingerprint density at radius 2 is 1.77 bits per heavy atom. The maximum atomic E-state index is 15.0. The van der Waals surface area contributed by atoms with Gasteiger partial charge in [0, 0.05) is 62.4 Å². The Morgan fingerprint density at radius 3 is 2.47 bits per heavy atom. The molecule has 0 bridgehead atoms. The molecule has 3 amide bonds. The average molecular weight is 652 g/mol. The van der Waals surface area contributed by atoms with Crippen LogP contribution in [-0.4, -0.2) is 94.0 Å². The Morgan fingerprint density at radius 1 is 1.00 bits per heavy atom. The summed E-state index contributed by atoms with van der Waals surface area (Å²) >= 11 is 0. The van der Waals surface area contributed by atoms with Crippen LogP contribution in [0.15, 0.2) is 59.7 Å². The third-order valence-corrected chi connectivity index (χ3v) is 10.4. The number of piperidine rings is 1. The molecule has 3 aliphatic rings. The van der Waals surface area contributed by atoms with E-state index in [1.54, 1.807) is 23.7 Å². The molecule has 1 unspecified atom stereocenters. The fourth-order valence-corrected chi connectivity index (χ4v) is 7.85. The third-order valence-electron chi connectivity index (χ3n) is 10.4. The molecule has 2 saturated heterocycles. The second kappa shape index (κ2) is 12.9. The minimum Gasteiger partial charge on any atom is -0.496 e. The number of hydrogen-bond donors (Lipinski definition) is 1. The second-order valence-corrected chi connectivity index (χ2v) is 12.7. The molecule has 2 atom stereocenters. The highest BCUT2D eigenvalue weighted by Crippen LogP contribution is 2.53. The molecular weight excluding hydrogens is 612 g/mol. The van der Waals surface area contributed by atoms with Gasteiger partial charge in [0.2, 0.25) is 0 Å². The van der Waals surface area contributed by atoms with E-state index in [4.69, 9.17) is 9.47 Å². The van der Waals surface area contributed by atoms with Crippen LogP contribution in [0.1, 0.15) is 43.7 Å². The number of methoxy groups -OCH3 is 2. The number of piperazine rings is 1. The highest BCUT2D eigenvalue weighted by molar-refractivity contribution is 5.76. The number of likely N-dealkylation sites (tertiary alicyclic amines) is 1. The fourth-order valence-electron chi connectivity index (χ4n) is 7.85. The van der Waals surface area contributed by atoms with Crippen molar-refractivity contribution in [1.29, 1.82) is 0 Å². The Kier molecular flexibility index (Phi) is 8.93. The summed E-state index contributed by atoms with van der Waals surface area (Å²) in [4.78, 5) is 48.4. The first kappa shape index (κ1) is 32.4. The van der Waals surface area contributed by atoms with Crippen LogP contribution in [0, 0.1) is 17.0 Å². The van der Waals surface area contributed by atoms with Gasteiger partial charge in [-0.25, -0.2) is 23.4 Å². The number of nitrogens with zero attached hydrogens (tertiary/aromatic N) is 5. The van der Waals surface area contributed by atoms with Crippen molar-refractivity contribution in [3.8, 4) is 17.0 Å². The van der Waals surface area contributed by atoms with E-state index >= 15 is 4.39 Å². The number of aromatic nitrogens is 2. The number of amides is 3. The first-order chi connectivity index (χ1) is 22.6.